The number of nitrogens with one attached hydrogen (secondary N) is 2. The van der Waals surface area contributed by atoms with E-state index in [1.165, 1.54) is 18.3 Å². The Labute approximate surface area is 153 Å². The molecule has 1 aromatic carbocycles. The van der Waals surface area contributed by atoms with Crippen LogP contribution in [0.25, 0.3) is 0 Å². The van der Waals surface area contributed by atoms with Gasteiger partial charge in [-0.15, -0.1) is 11.3 Å². The van der Waals surface area contributed by atoms with Gasteiger partial charge < -0.3 is 19.9 Å². The minimum absolute atomic E-state index is 0.229. The van der Waals surface area contributed by atoms with Gasteiger partial charge in [0.1, 0.15) is 18.1 Å². The van der Waals surface area contributed by atoms with E-state index in [0.717, 1.165) is 0 Å². The summed E-state index contributed by atoms with van der Waals surface area (Å²) in [6.45, 7) is 2.47. The molecule has 26 heavy (non-hydrogen) atoms. The second-order valence-electron chi connectivity index (χ2n) is 5.32. The summed E-state index contributed by atoms with van der Waals surface area (Å²) in [5.41, 5.74) is 0.782. The van der Waals surface area contributed by atoms with E-state index in [-0.39, 0.29) is 17.5 Å². The molecule has 9 heteroatoms. The van der Waals surface area contributed by atoms with Crippen molar-refractivity contribution >= 4 is 34.0 Å². The van der Waals surface area contributed by atoms with E-state index in [9.17, 15) is 9.59 Å². The highest BCUT2D eigenvalue weighted by atomic mass is 32.1. The fraction of sp³-hybridized carbons (Fsp3) is 0.176. The van der Waals surface area contributed by atoms with Crippen LogP contribution in [0.4, 0.5) is 10.8 Å². The van der Waals surface area contributed by atoms with E-state index in [2.05, 4.69) is 20.6 Å². The van der Waals surface area contributed by atoms with Gasteiger partial charge in [0.2, 0.25) is 5.91 Å². The number of carbonyl (C=O) groups is 2. The lowest BCUT2D eigenvalue weighted by molar-refractivity contribution is -0.114. The molecule has 3 aromatic rings. The fourth-order valence-electron chi connectivity index (χ4n) is 2.15. The van der Waals surface area contributed by atoms with Crippen molar-refractivity contribution in [2.24, 2.45) is 0 Å². The summed E-state index contributed by atoms with van der Waals surface area (Å²) in [4.78, 5) is 31.5. The third-order valence-electron chi connectivity index (χ3n) is 3.32. The third kappa shape index (κ3) is 4.67. The normalized spacial score (nSPS) is 10.3. The van der Waals surface area contributed by atoms with Crippen molar-refractivity contribution in [1.82, 2.24) is 14.5 Å². The molecule has 3 rings (SSSR count). The lowest BCUT2D eigenvalue weighted by Crippen LogP contribution is -2.14. The van der Waals surface area contributed by atoms with Gasteiger partial charge in [0.05, 0.1) is 18.6 Å². The zero-order valence-corrected chi connectivity index (χ0v) is 14.8. The maximum atomic E-state index is 12.4. The first-order valence-corrected chi connectivity index (χ1v) is 8.72. The SMILES string of the molecule is CC(=O)Nc1nc(C(=O)Nc2ccccc2OCCn2ccnc2)cs1. The van der Waals surface area contributed by atoms with Crippen LogP contribution in [-0.2, 0) is 11.3 Å². The Balaban J connectivity index is 1.62. The number of para-hydroxylation sites is 2. The van der Waals surface area contributed by atoms with E-state index in [0.29, 0.717) is 29.7 Å². The van der Waals surface area contributed by atoms with Crippen LogP contribution in [0.2, 0.25) is 0 Å². The molecule has 8 nitrogen and oxygen atoms in total. The number of aromatic nitrogens is 3. The van der Waals surface area contributed by atoms with Crippen LogP contribution < -0.4 is 15.4 Å². The molecular weight excluding hydrogens is 354 g/mol. The Bertz CT molecular complexity index is 891. The Hall–Kier alpha value is -3.20. The maximum Gasteiger partial charge on any atom is 0.275 e. The number of hydrogen-bond donors (Lipinski definition) is 2. The average Bonchev–Trinajstić information content (AvgIpc) is 3.28. The predicted molar refractivity (Wildman–Crippen MR) is 98.5 cm³/mol. The van der Waals surface area contributed by atoms with E-state index in [4.69, 9.17) is 4.74 Å². The molecule has 2 aromatic heterocycles. The van der Waals surface area contributed by atoms with Crippen molar-refractivity contribution in [2.45, 2.75) is 13.5 Å². The number of ether oxygens (including phenoxy) is 1. The van der Waals surface area contributed by atoms with Crippen LogP contribution in [0, 0.1) is 0 Å². The summed E-state index contributed by atoms with van der Waals surface area (Å²) < 4.78 is 7.67. The lowest BCUT2D eigenvalue weighted by atomic mass is 10.3. The highest BCUT2D eigenvalue weighted by molar-refractivity contribution is 7.14. The number of anilines is 2. The molecule has 0 bridgehead atoms. The van der Waals surface area contributed by atoms with Crippen molar-refractivity contribution in [2.75, 3.05) is 17.2 Å². The van der Waals surface area contributed by atoms with E-state index in [1.54, 1.807) is 30.0 Å². The molecule has 0 saturated carbocycles. The average molecular weight is 371 g/mol. The van der Waals surface area contributed by atoms with Crippen molar-refractivity contribution < 1.29 is 14.3 Å². The molecule has 0 spiro atoms. The molecule has 2 N–H and O–H groups in total. The first kappa shape index (κ1) is 17.6. The van der Waals surface area contributed by atoms with Gasteiger partial charge in [0.15, 0.2) is 5.13 Å². The Morgan fingerprint density at radius 1 is 1.27 bits per heavy atom. The predicted octanol–water partition coefficient (Wildman–Crippen LogP) is 2.63. The van der Waals surface area contributed by atoms with Crippen LogP contribution in [-0.4, -0.2) is 33.0 Å². The monoisotopic (exact) mass is 371 g/mol. The van der Waals surface area contributed by atoms with Gasteiger partial charge >= 0.3 is 0 Å². The van der Waals surface area contributed by atoms with Crippen molar-refractivity contribution in [3.05, 3.63) is 54.1 Å². The number of nitrogens with zero attached hydrogens (tertiary/aromatic N) is 3. The molecule has 0 aliphatic rings. The van der Waals surface area contributed by atoms with E-state index in [1.807, 2.05) is 22.9 Å². The minimum atomic E-state index is -0.372. The number of rotatable bonds is 7. The minimum Gasteiger partial charge on any atom is -0.490 e. The maximum absolute atomic E-state index is 12.4. The van der Waals surface area contributed by atoms with Crippen LogP contribution in [0.15, 0.2) is 48.4 Å². The topological polar surface area (TPSA) is 98.1 Å². The second kappa shape index (κ2) is 8.26. The molecule has 0 aliphatic heterocycles. The van der Waals surface area contributed by atoms with Crippen LogP contribution in [0.3, 0.4) is 0 Å². The molecule has 0 radical (unpaired) electrons. The highest BCUT2D eigenvalue weighted by Gasteiger charge is 2.14. The Morgan fingerprint density at radius 2 is 2.12 bits per heavy atom. The van der Waals surface area contributed by atoms with Crippen molar-refractivity contribution in [3.8, 4) is 5.75 Å². The molecule has 2 heterocycles. The summed E-state index contributed by atoms with van der Waals surface area (Å²) in [5, 5.41) is 7.31. The van der Waals surface area contributed by atoms with Crippen LogP contribution in [0.1, 0.15) is 17.4 Å². The largest absolute Gasteiger partial charge is 0.490 e. The van der Waals surface area contributed by atoms with Gasteiger partial charge in [-0.05, 0) is 12.1 Å². The first-order valence-electron chi connectivity index (χ1n) is 7.84. The molecule has 0 fully saturated rings. The number of thiazole rings is 1. The third-order valence-corrected chi connectivity index (χ3v) is 4.08. The molecular formula is C17H17N5O3S. The standard InChI is InChI=1S/C17H17N5O3S/c1-12(23)19-17-21-14(10-26-17)16(24)20-13-4-2-3-5-15(13)25-9-8-22-7-6-18-11-22/h2-7,10-11H,8-9H2,1H3,(H,20,24)(H,19,21,23). The number of amides is 2. The van der Waals surface area contributed by atoms with Gasteiger partial charge in [-0.2, -0.15) is 0 Å². The highest BCUT2D eigenvalue weighted by Crippen LogP contribution is 2.25. The van der Waals surface area contributed by atoms with Gasteiger partial charge in [-0.1, -0.05) is 12.1 Å². The number of benzene rings is 1. The zero-order valence-electron chi connectivity index (χ0n) is 14.0. The molecule has 0 aliphatic carbocycles. The van der Waals surface area contributed by atoms with Crippen LogP contribution >= 0.6 is 11.3 Å². The number of hydrogen-bond acceptors (Lipinski definition) is 6. The van der Waals surface area contributed by atoms with Gasteiger partial charge in [0.25, 0.3) is 5.91 Å². The summed E-state index contributed by atoms with van der Waals surface area (Å²) in [6, 6.07) is 7.18. The molecule has 0 saturated heterocycles. The van der Waals surface area contributed by atoms with Gasteiger partial charge in [-0.25, -0.2) is 9.97 Å². The summed E-state index contributed by atoms with van der Waals surface area (Å²) in [7, 11) is 0. The first-order chi connectivity index (χ1) is 12.6. The smallest absolute Gasteiger partial charge is 0.275 e. The van der Waals surface area contributed by atoms with E-state index >= 15 is 0 Å². The fourth-order valence-corrected chi connectivity index (χ4v) is 2.88. The summed E-state index contributed by atoms with van der Waals surface area (Å²) in [6.07, 6.45) is 5.27. The summed E-state index contributed by atoms with van der Waals surface area (Å²) >= 11 is 1.19. The van der Waals surface area contributed by atoms with Crippen LogP contribution in [0.5, 0.6) is 5.75 Å². The molecule has 2 amide bonds. The summed E-state index contributed by atoms with van der Waals surface area (Å²) in [5.74, 6) is -0.0373. The second-order valence-corrected chi connectivity index (χ2v) is 6.18. The molecule has 0 unspecified atom stereocenters. The van der Waals surface area contributed by atoms with Crippen molar-refractivity contribution in [1.29, 1.82) is 0 Å². The molecule has 0 atom stereocenters. The number of carbonyl (C=O) groups excluding carboxylic acids is 2. The quantitative estimate of drug-likeness (QED) is 0.665. The molecule has 134 valence electrons. The van der Waals surface area contributed by atoms with E-state index < -0.39 is 0 Å². The van der Waals surface area contributed by atoms with Gasteiger partial charge in [0, 0.05) is 24.7 Å². The Morgan fingerprint density at radius 3 is 2.88 bits per heavy atom. The Kier molecular flexibility index (Phi) is 5.59. The van der Waals surface area contributed by atoms with Crippen molar-refractivity contribution in [3.63, 3.8) is 0 Å². The van der Waals surface area contributed by atoms with Gasteiger partial charge in [-0.3, -0.25) is 9.59 Å². The zero-order chi connectivity index (χ0) is 18.4. The number of imidazole rings is 1. The lowest BCUT2D eigenvalue weighted by Gasteiger charge is -2.12.